The summed E-state index contributed by atoms with van der Waals surface area (Å²) in [5, 5.41) is 9.09. The van der Waals surface area contributed by atoms with Crippen molar-refractivity contribution in [2.24, 2.45) is 0 Å². The third kappa shape index (κ3) is 2.33. The van der Waals surface area contributed by atoms with E-state index in [2.05, 4.69) is 28.9 Å². The van der Waals surface area contributed by atoms with Crippen LogP contribution in [0.3, 0.4) is 0 Å². The number of aliphatic hydroxyl groups excluding tert-OH is 1. The van der Waals surface area contributed by atoms with Crippen LogP contribution in [0.4, 0.5) is 5.82 Å². The molecule has 4 nitrogen and oxygen atoms in total. The van der Waals surface area contributed by atoms with E-state index in [4.69, 9.17) is 5.11 Å². The molecule has 1 fully saturated rings. The fourth-order valence-electron chi connectivity index (χ4n) is 2.10. The van der Waals surface area contributed by atoms with E-state index >= 15 is 0 Å². The van der Waals surface area contributed by atoms with Gasteiger partial charge in [-0.3, -0.25) is 0 Å². The molecule has 1 saturated heterocycles. The highest BCUT2D eigenvalue weighted by atomic mass is 16.3. The van der Waals surface area contributed by atoms with Crippen LogP contribution >= 0.6 is 0 Å². The highest BCUT2D eigenvalue weighted by Crippen LogP contribution is 2.20. The van der Waals surface area contributed by atoms with Crippen LogP contribution in [0, 0.1) is 0 Å². The molecule has 1 unspecified atom stereocenters. The lowest BCUT2D eigenvalue weighted by Gasteiger charge is -2.21. The Balaban J connectivity index is 2.08. The Morgan fingerprint density at radius 2 is 2.38 bits per heavy atom. The van der Waals surface area contributed by atoms with Crippen molar-refractivity contribution in [2.45, 2.75) is 19.1 Å². The van der Waals surface area contributed by atoms with E-state index in [9.17, 15) is 0 Å². The number of hydrogen-bond acceptors (Lipinski definition) is 4. The van der Waals surface area contributed by atoms with E-state index in [1.165, 1.54) is 6.42 Å². The second-order valence-corrected chi connectivity index (χ2v) is 4.53. The average molecular weight is 221 g/mol. The van der Waals surface area contributed by atoms with E-state index < -0.39 is 0 Å². The minimum absolute atomic E-state index is 0.0838. The Morgan fingerprint density at radius 1 is 1.56 bits per heavy atom. The first-order valence-corrected chi connectivity index (χ1v) is 5.68. The Morgan fingerprint density at radius 3 is 3.00 bits per heavy atom. The Bertz CT molecular complexity index is 354. The molecule has 1 aliphatic rings. The lowest BCUT2D eigenvalue weighted by molar-refractivity contribution is 0.281. The van der Waals surface area contributed by atoms with E-state index in [0.29, 0.717) is 6.04 Å². The largest absolute Gasteiger partial charge is 0.392 e. The minimum atomic E-state index is 0.0838. The third-order valence-electron chi connectivity index (χ3n) is 3.21. The number of anilines is 1. The molecule has 0 aliphatic carbocycles. The molecule has 0 aromatic carbocycles. The molecule has 1 atom stereocenters. The van der Waals surface area contributed by atoms with Crippen LogP contribution in [0.15, 0.2) is 18.3 Å². The van der Waals surface area contributed by atoms with Gasteiger partial charge in [0, 0.05) is 25.3 Å². The van der Waals surface area contributed by atoms with Crippen LogP contribution in [0.5, 0.6) is 0 Å². The van der Waals surface area contributed by atoms with Crippen LogP contribution in [0.1, 0.15) is 12.0 Å². The zero-order valence-corrected chi connectivity index (χ0v) is 9.93. The summed E-state index contributed by atoms with van der Waals surface area (Å²) >= 11 is 0. The lowest BCUT2D eigenvalue weighted by Crippen LogP contribution is -2.31. The number of nitrogens with zero attached hydrogens (tertiary/aromatic N) is 3. The number of hydrogen-bond donors (Lipinski definition) is 1. The van der Waals surface area contributed by atoms with Crippen LogP contribution < -0.4 is 4.90 Å². The molecule has 16 heavy (non-hydrogen) atoms. The predicted molar refractivity (Wildman–Crippen MR) is 64.5 cm³/mol. The predicted octanol–water partition coefficient (Wildman–Crippen LogP) is 0.714. The molecule has 2 heterocycles. The zero-order chi connectivity index (χ0) is 11.5. The van der Waals surface area contributed by atoms with Crippen molar-refractivity contribution in [3.63, 3.8) is 0 Å². The Labute approximate surface area is 96.5 Å². The number of rotatable bonds is 3. The van der Waals surface area contributed by atoms with Gasteiger partial charge in [-0.2, -0.15) is 0 Å². The monoisotopic (exact) mass is 221 g/mol. The van der Waals surface area contributed by atoms with E-state index in [-0.39, 0.29) is 6.61 Å². The second-order valence-electron chi connectivity index (χ2n) is 4.53. The zero-order valence-electron chi connectivity index (χ0n) is 9.93. The van der Waals surface area contributed by atoms with Crippen molar-refractivity contribution in [3.05, 3.63) is 23.9 Å². The smallest absolute Gasteiger partial charge is 0.128 e. The minimum Gasteiger partial charge on any atom is -0.392 e. The maximum atomic E-state index is 9.09. The summed E-state index contributed by atoms with van der Waals surface area (Å²) in [7, 11) is 4.23. The molecule has 0 radical (unpaired) electrons. The van der Waals surface area contributed by atoms with Gasteiger partial charge in [0.05, 0.1) is 6.61 Å². The quantitative estimate of drug-likeness (QED) is 0.816. The number of likely N-dealkylation sites (N-methyl/N-ethyl adjacent to an activating group) is 1. The van der Waals surface area contributed by atoms with Crippen LogP contribution in [-0.4, -0.2) is 48.2 Å². The van der Waals surface area contributed by atoms with Crippen molar-refractivity contribution >= 4 is 5.82 Å². The van der Waals surface area contributed by atoms with Gasteiger partial charge < -0.3 is 14.9 Å². The van der Waals surface area contributed by atoms with Crippen LogP contribution in [-0.2, 0) is 6.61 Å². The van der Waals surface area contributed by atoms with Crippen molar-refractivity contribution in [3.8, 4) is 0 Å². The number of pyridine rings is 1. The molecule has 1 aromatic rings. The second kappa shape index (κ2) is 4.80. The third-order valence-corrected chi connectivity index (χ3v) is 3.21. The summed E-state index contributed by atoms with van der Waals surface area (Å²) in [6, 6.07) is 4.43. The van der Waals surface area contributed by atoms with Gasteiger partial charge in [0.15, 0.2) is 0 Å². The first-order chi connectivity index (χ1) is 7.70. The van der Waals surface area contributed by atoms with Gasteiger partial charge in [-0.05, 0) is 38.2 Å². The number of aromatic nitrogens is 1. The summed E-state index contributed by atoms with van der Waals surface area (Å²) in [6.07, 6.45) is 2.95. The summed E-state index contributed by atoms with van der Waals surface area (Å²) in [5.41, 5.74) is 0.929. The molecule has 88 valence electrons. The van der Waals surface area contributed by atoms with Crippen molar-refractivity contribution < 1.29 is 5.11 Å². The van der Waals surface area contributed by atoms with Crippen molar-refractivity contribution in [1.82, 2.24) is 9.88 Å². The standard InChI is InChI=1S/C12H19N3O/c1-14(2)11-4-6-15(8-11)12-7-10(9-16)3-5-13-12/h3,5,7,11,16H,4,6,8-9H2,1-2H3. The summed E-state index contributed by atoms with van der Waals surface area (Å²) in [4.78, 5) is 8.90. The molecule has 1 aliphatic heterocycles. The molecule has 0 saturated carbocycles. The Hall–Kier alpha value is -1.13. The molecule has 2 rings (SSSR count). The molecule has 0 spiro atoms. The Kier molecular flexibility index (Phi) is 3.41. The summed E-state index contributed by atoms with van der Waals surface area (Å²) < 4.78 is 0. The summed E-state index contributed by atoms with van der Waals surface area (Å²) in [6.45, 7) is 2.15. The molecule has 1 aromatic heterocycles. The summed E-state index contributed by atoms with van der Waals surface area (Å²) in [5.74, 6) is 0.982. The van der Waals surface area contributed by atoms with Crippen LogP contribution in [0.2, 0.25) is 0 Å². The molecular weight excluding hydrogens is 202 g/mol. The number of aliphatic hydroxyl groups is 1. The first kappa shape index (κ1) is 11.4. The van der Waals surface area contributed by atoms with E-state index in [1.807, 2.05) is 12.1 Å². The lowest BCUT2D eigenvalue weighted by atomic mass is 10.2. The van der Waals surface area contributed by atoms with Gasteiger partial charge in [-0.25, -0.2) is 4.98 Å². The highest BCUT2D eigenvalue weighted by molar-refractivity contribution is 5.42. The molecule has 4 heteroatoms. The fourth-order valence-corrected chi connectivity index (χ4v) is 2.10. The van der Waals surface area contributed by atoms with Gasteiger partial charge >= 0.3 is 0 Å². The van der Waals surface area contributed by atoms with Crippen molar-refractivity contribution in [2.75, 3.05) is 32.1 Å². The maximum Gasteiger partial charge on any atom is 0.128 e. The molecule has 0 amide bonds. The van der Waals surface area contributed by atoms with Crippen molar-refractivity contribution in [1.29, 1.82) is 0 Å². The first-order valence-electron chi connectivity index (χ1n) is 5.68. The maximum absolute atomic E-state index is 9.09. The van der Waals surface area contributed by atoms with Gasteiger partial charge in [0.25, 0.3) is 0 Å². The fraction of sp³-hybridized carbons (Fsp3) is 0.583. The highest BCUT2D eigenvalue weighted by Gasteiger charge is 2.24. The molecular formula is C12H19N3O. The average Bonchev–Trinajstić information content (AvgIpc) is 2.78. The topological polar surface area (TPSA) is 39.6 Å². The molecule has 1 N–H and O–H groups in total. The normalized spacial score (nSPS) is 20.8. The van der Waals surface area contributed by atoms with E-state index in [0.717, 1.165) is 24.5 Å². The van der Waals surface area contributed by atoms with E-state index in [1.54, 1.807) is 6.20 Å². The van der Waals surface area contributed by atoms with Gasteiger partial charge in [0.1, 0.15) is 5.82 Å². The van der Waals surface area contributed by atoms with Gasteiger partial charge in [-0.1, -0.05) is 0 Å². The van der Waals surface area contributed by atoms with Crippen LogP contribution in [0.25, 0.3) is 0 Å². The van der Waals surface area contributed by atoms with Gasteiger partial charge in [0.2, 0.25) is 0 Å². The van der Waals surface area contributed by atoms with Gasteiger partial charge in [-0.15, -0.1) is 0 Å². The SMILES string of the molecule is CN(C)C1CCN(c2cc(CO)ccn2)C1. The molecule has 0 bridgehead atoms.